The Morgan fingerprint density at radius 1 is 1.00 bits per heavy atom. The Bertz CT molecular complexity index is 626. The Hall–Kier alpha value is -2.30. The number of amides is 2. The van der Waals surface area contributed by atoms with E-state index in [1.807, 2.05) is 30.4 Å². The minimum absolute atomic E-state index is 0.0491. The van der Waals surface area contributed by atoms with Gasteiger partial charge in [0.05, 0.1) is 18.4 Å². The fraction of sp³-hybridized carbons (Fsp3) is 0.375. The van der Waals surface area contributed by atoms with Gasteiger partial charge < -0.3 is 9.47 Å². The zero-order valence-corrected chi connectivity index (χ0v) is 11.5. The number of imide groups is 1. The van der Waals surface area contributed by atoms with Crippen molar-refractivity contribution in [1.82, 2.24) is 4.90 Å². The van der Waals surface area contributed by atoms with Gasteiger partial charge in [0, 0.05) is 0 Å². The molecule has 0 N–H and O–H groups in total. The maximum absolute atomic E-state index is 12.4. The topological polar surface area (TPSA) is 55.8 Å². The molecule has 0 saturated carbocycles. The average Bonchev–Trinajstić information content (AvgIpc) is 3.06. The fourth-order valence-electron chi connectivity index (χ4n) is 3.25. The number of hydrogen-bond acceptors (Lipinski definition) is 4. The van der Waals surface area contributed by atoms with Crippen molar-refractivity contribution in [3.63, 3.8) is 0 Å². The number of carbonyl (C=O) groups excluding carboxylic acids is 2. The second-order valence-corrected chi connectivity index (χ2v) is 5.61. The van der Waals surface area contributed by atoms with Gasteiger partial charge in [-0.25, -0.2) is 0 Å². The molecule has 21 heavy (non-hydrogen) atoms. The number of nitrogens with zero attached hydrogens (tertiary/aromatic N) is 1. The summed E-state index contributed by atoms with van der Waals surface area (Å²) in [7, 11) is 0. The van der Waals surface area contributed by atoms with Crippen molar-refractivity contribution in [2.75, 3.05) is 6.79 Å². The SMILES string of the molecule is O=C1[C@@H]2CC=CC[C@H]2C(=O)N1Cc1ccc2c(c1)OCO2. The first-order valence-electron chi connectivity index (χ1n) is 7.13. The van der Waals surface area contributed by atoms with Gasteiger partial charge in [0.25, 0.3) is 0 Å². The molecule has 3 aliphatic rings. The number of fused-ring (bicyclic) bond motifs is 2. The molecule has 2 amide bonds. The highest BCUT2D eigenvalue weighted by Crippen LogP contribution is 2.37. The molecule has 1 saturated heterocycles. The van der Waals surface area contributed by atoms with E-state index in [4.69, 9.17) is 9.47 Å². The van der Waals surface area contributed by atoms with Crippen molar-refractivity contribution in [2.45, 2.75) is 19.4 Å². The van der Waals surface area contributed by atoms with E-state index >= 15 is 0 Å². The van der Waals surface area contributed by atoms with E-state index < -0.39 is 0 Å². The van der Waals surface area contributed by atoms with Gasteiger partial charge in [-0.3, -0.25) is 14.5 Å². The van der Waals surface area contributed by atoms with E-state index in [1.54, 1.807) is 0 Å². The second kappa shape index (κ2) is 4.62. The molecule has 0 unspecified atom stereocenters. The summed E-state index contributed by atoms with van der Waals surface area (Å²) in [6.45, 7) is 0.525. The van der Waals surface area contributed by atoms with Crippen molar-refractivity contribution in [1.29, 1.82) is 0 Å². The van der Waals surface area contributed by atoms with Crippen LogP contribution in [0, 0.1) is 11.8 Å². The van der Waals surface area contributed by atoms with Gasteiger partial charge in [-0.1, -0.05) is 18.2 Å². The number of carbonyl (C=O) groups is 2. The molecular weight excluding hydrogens is 270 g/mol. The molecule has 108 valence electrons. The Morgan fingerprint density at radius 3 is 2.38 bits per heavy atom. The first-order chi connectivity index (χ1) is 10.2. The minimum Gasteiger partial charge on any atom is -0.454 e. The van der Waals surface area contributed by atoms with Crippen LogP contribution in [0.5, 0.6) is 11.5 Å². The predicted molar refractivity (Wildman–Crippen MR) is 73.5 cm³/mol. The van der Waals surface area contributed by atoms with Crippen LogP contribution in [0.2, 0.25) is 0 Å². The number of rotatable bonds is 2. The molecule has 2 heterocycles. The highest BCUT2D eigenvalue weighted by atomic mass is 16.7. The molecular formula is C16H15NO4. The predicted octanol–water partition coefficient (Wildman–Crippen LogP) is 1.87. The van der Waals surface area contributed by atoms with E-state index in [-0.39, 0.29) is 30.4 Å². The summed E-state index contributed by atoms with van der Waals surface area (Å²) in [5, 5.41) is 0. The molecule has 1 aromatic rings. The van der Waals surface area contributed by atoms with Gasteiger partial charge in [0.1, 0.15) is 0 Å². The third-order valence-corrected chi connectivity index (χ3v) is 4.38. The molecule has 0 radical (unpaired) electrons. The molecule has 2 aliphatic heterocycles. The van der Waals surface area contributed by atoms with Crippen LogP contribution in [0.25, 0.3) is 0 Å². The highest BCUT2D eigenvalue weighted by Gasteiger charge is 2.46. The quantitative estimate of drug-likeness (QED) is 0.615. The molecule has 0 aromatic heterocycles. The molecule has 0 bridgehead atoms. The van der Waals surface area contributed by atoms with Crippen LogP contribution in [-0.4, -0.2) is 23.5 Å². The lowest BCUT2D eigenvalue weighted by Gasteiger charge is -2.15. The maximum Gasteiger partial charge on any atom is 0.233 e. The molecule has 5 nitrogen and oxygen atoms in total. The summed E-state index contributed by atoms with van der Waals surface area (Å²) in [4.78, 5) is 26.2. The molecule has 1 aliphatic carbocycles. The van der Waals surface area contributed by atoms with Gasteiger partial charge in [-0.2, -0.15) is 0 Å². The minimum atomic E-state index is -0.170. The summed E-state index contributed by atoms with van der Waals surface area (Å²) in [5.74, 6) is 0.938. The molecule has 5 heteroatoms. The third-order valence-electron chi connectivity index (χ3n) is 4.38. The van der Waals surface area contributed by atoms with E-state index in [0.717, 1.165) is 5.56 Å². The second-order valence-electron chi connectivity index (χ2n) is 5.61. The van der Waals surface area contributed by atoms with Crippen molar-refractivity contribution >= 4 is 11.8 Å². The van der Waals surface area contributed by atoms with Crippen LogP contribution in [-0.2, 0) is 16.1 Å². The van der Waals surface area contributed by atoms with Gasteiger partial charge in [0.15, 0.2) is 11.5 Å². The largest absolute Gasteiger partial charge is 0.454 e. The highest BCUT2D eigenvalue weighted by molar-refractivity contribution is 6.05. The first kappa shape index (κ1) is 12.4. The normalized spacial score (nSPS) is 26.4. The number of likely N-dealkylation sites (tertiary alicyclic amines) is 1. The summed E-state index contributed by atoms with van der Waals surface area (Å²) in [6, 6.07) is 5.52. The smallest absolute Gasteiger partial charge is 0.233 e. The van der Waals surface area contributed by atoms with E-state index in [2.05, 4.69) is 0 Å². The van der Waals surface area contributed by atoms with E-state index in [0.29, 0.717) is 30.9 Å². The van der Waals surface area contributed by atoms with Gasteiger partial charge in [0.2, 0.25) is 18.6 Å². The molecule has 4 rings (SSSR count). The van der Waals surface area contributed by atoms with Crippen LogP contribution in [0.1, 0.15) is 18.4 Å². The van der Waals surface area contributed by atoms with Crippen molar-refractivity contribution in [2.24, 2.45) is 11.8 Å². The Labute approximate surface area is 122 Å². The Morgan fingerprint density at radius 2 is 1.67 bits per heavy atom. The molecule has 1 fully saturated rings. The lowest BCUT2D eigenvalue weighted by Crippen LogP contribution is -2.30. The zero-order chi connectivity index (χ0) is 14.4. The lowest BCUT2D eigenvalue weighted by molar-refractivity contribution is -0.140. The van der Waals surface area contributed by atoms with Gasteiger partial charge in [-0.05, 0) is 30.5 Å². The number of allylic oxidation sites excluding steroid dienone is 2. The zero-order valence-electron chi connectivity index (χ0n) is 11.5. The lowest BCUT2D eigenvalue weighted by atomic mass is 9.85. The van der Waals surface area contributed by atoms with Crippen LogP contribution in [0.3, 0.4) is 0 Å². The van der Waals surface area contributed by atoms with E-state index in [1.165, 1.54) is 4.90 Å². The third kappa shape index (κ3) is 1.92. The Kier molecular flexibility index (Phi) is 2.74. The standard InChI is InChI=1S/C16H15NO4/c18-15-11-3-1-2-4-12(11)16(19)17(15)8-10-5-6-13-14(7-10)21-9-20-13/h1-2,5-7,11-12H,3-4,8-9H2/t11-,12-/m1/s1. The number of hydrogen-bond donors (Lipinski definition) is 0. The van der Waals surface area contributed by atoms with Gasteiger partial charge in [-0.15, -0.1) is 0 Å². The van der Waals surface area contributed by atoms with Gasteiger partial charge >= 0.3 is 0 Å². The Balaban J connectivity index is 1.57. The van der Waals surface area contributed by atoms with Crippen LogP contribution < -0.4 is 9.47 Å². The monoisotopic (exact) mass is 285 g/mol. The summed E-state index contributed by atoms with van der Waals surface area (Å²) in [5.41, 5.74) is 0.882. The van der Waals surface area contributed by atoms with E-state index in [9.17, 15) is 9.59 Å². The summed E-state index contributed by atoms with van der Waals surface area (Å²) >= 11 is 0. The van der Waals surface area contributed by atoms with Crippen LogP contribution in [0.4, 0.5) is 0 Å². The van der Waals surface area contributed by atoms with Crippen molar-refractivity contribution in [3.8, 4) is 11.5 Å². The fourth-order valence-corrected chi connectivity index (χ4v) is 3.25. The van der Waals surface area contributed by atoms with Crippen LogP contribution in [0.15, 0.2) is 30.4 Å². The molecule has 0 spiro atoms. The molecule has 1 aromatic carbocycles. The first-order valence-corrected chi connectivity index (χ1v) is 7.13. The van der Waals surface area contributed by atoms with Crippen molar-refractivity contribution in [3.05, 3.63) is 35.9 Å². The summed E-state index contributed by atoms with van der Waals surface area (Å²) < 4.78 is 10.6. The number of benzene rings is 1. The number of ether oxygens (including phenoxy) is 2. The van der Waals surface area contributed by atoms with Crippen molar-refractivity contribution < 1.29 is 19.1 Å². The average molecular weight is 285 g/mol. The molecule has 2 atom stereocenters. The van der Waals surface area contributed by atoms with Crippen LogP contribution >= 0.6 is 0 Å². The summed E-state index contributed by atoms with van der Waals surface area (Å²) in [6.07, 6.45) is 5.34. The maximum atomic E-state index is 12.4.